The molecule has 0 unspecified atom stereocenters. The molecule has 0 saturated heterocycles. The Balaban J connectivity index is 1.81. The summed E-state index contributed by atoms with van der Waals surface area (Å²) in [5.74, 6) is -0.562. The second-order valence-corrected chi connectivity index (χ2v) is 9.59. The van der Waals surface area contributed by atoms with Crippen LogP contribution in [-0.2, 0) is 20.8 Å². The summed E-state index contributed by atoms with van der Waals surface area (Å²) in [6, 6.07) is 6.79. The summed E-state index contributed by atoms with van der Waals surface area (Å²) in [5.41, 5.74) is 12.0. The lowest BCUT2D eigenvalue weighted by Gasteiger charge is -2.24. The summed E-state index contributed by atoms with van der Waals surface area (Å²) < 4.78 is 0. The highest BCUT2D eigenvalue weighted by Gasteiger charge is 2.28. The average molecular weight is 541 g/mol. The summed E-state index contributed by atoms with van der Waals surface area (Å²) in [4.78, 5) is 51.7. The molecule has 3 amide bonds. The Morgan fingerprint density at radius 3 is 2.49 bits per heavy atom. The van der Waals surface area contributed by atoms with Crippen LogP contribution in [0.1, 0.15) is 51.0 Å². The molecule has 0 radical (unpaired) electrons. The Bertz CT molecular complexity index is 1080. The average Bonchev–Trinajstić information content (AvgIpc) is 2.91. The molecule has 0 fully saturated rings. The van der Waals surface area contributed by atoms with Crippen molar-refractivity contribution in [3.63, 3.8) is 0 Å². The molecule has 1 aliphatic rings. The van der Waals surface area contributed by atoms with Gasteiger partial charge in [0.1, 0.15) is 18.1 Å². The molecular formula is C26H40N10O3. The highest BCUT2D eigenvalue weighted by atomic mass is 16.2. The highest BCUT2D eigenvalue weighted by Crippen LogP contribution is 2.13. The number of hydrogen-bond acceptors (Lipinski definition) is 10. The Labute approximate surface area is 228 Å². The molecule has 3 rings (SSSR count). The van der Waals surface area contributed by atoms with Gasteiger partial charge in [-0.1, -0.05) is 36.8 Å². The number of carbonyl (C=O) groups excluding carboxylic acids is 3. The number of aromatic nitrogens is 3. The number of unbranched alkanes of at least 4 members (excludes halogenated alkanes) is 2. The molecule has 13 heteroatoms. The van der Waals surface area contributed by atoms with Crippen LogP contribution >= 0.6 is 0 Å². The number of rotatable bonds is 9. The molecule has 0 saturated carbocycles. The van der Waals surface area contributed by atoms with Crippen LogP contribution in [0.2, 0.25) is 0 Å². The molecule has 0 spiro atoms. The number of anilines is 3. The van der Waals surface area contributed by atoms with Crippen LogP contribution in [-0.4, -0.2) is 70.4 Å². The summed E-state index contributed by atoms with van der Waals surface area (Å²) >= 11 is 0. The first-order chi connectivity index (χ1) is 18.9. The maximum atomic E-state index is 13.2. The van der Waals surface area contributed by atoms with Crippen molar-refractivity contribution in [1.29, 1.82) is 0 Å². The number of nitrogens with zero attached hydrogens (tertiary/aromatic N) is 3. The molecule has 2 heterocycles. The van der Waals surface area contributed by atoms with E-state index < -0.39 is 35.8 Å². The first-order valence-electron chi connectivity index (χ1n) is 13.5. The second kappa shape index (κ2) is 15.4. The largest absolute Gasteiger partial charge is 0.368 e. The van der Waals surface area contributed by atoms with Gasteiger partial charge >= 0.3 is 0 Å². The quantitative estimate of drug-likeness (QED) is 0.220. The number of primary amides is 1. The van der Waals surface area contributed by atoms with Crippen molar-refractivity contribution in [2.45, 2.75) is 70.0 Å². The fourth-order valence-electron chi connectivity index (χ4n) is 4.09. The molecular weight excluding hydrogens is 500 g/mol. The highest BCUT2D eigenvalue weighted by molar-refractivity contribution is 5.93. The van der Waals surface area contributed by atoms with Crippen molar-refractivity contribution in [1.82, 2.24) is 25.6 Å². The van der Waals surface area contributed by atoms with Crippen molar-refractivity contribution in [2.75, 3.05) is 35.6 Å². The molecule has 1 aliphatic heterocycles. The van der Waals surface area contributed by atoms with Gasteiger partial charge in [0.15, 0.2) is 0 Å². The predicted molar refractivity (Wildman–Crippen MR) is 150 cm³/mol. The molecule has 2 bridgehead atoms. The molecule has 39 heavy (non-hydrogen) atoms. The zero-order valence-corrected chi connectivity index (χ0v) is 22.4. The summed E-state index contributed by atoms with van der Waals surface area (Å²) in [7, 11) is 0. The minimum atomic E-state index is -0.916. The van der Waals surface area contributed by atoms with Gasteiger partial charge in [0.2, 0.25) is 35.6 Å². The van der Waals surface area contributed by atoms with Gasteiger partial charge in [-0.3, -0.25) is 14.4 Å². The van der Waals surface area contributed by atoms with Gasteiger partial charge in [-0.2, -0.15) is 15.0 Å². The SMILES string of the molecule is C[C@@H]1Nc2nc(NCCCCCN)nc(n2)NCCCC[C@H](C(N)=O)NC(=O)[C@H](Cc2ccccc2)NC1=O. The maximum Gasteiger partial charge on any atom is 0.243 e. The van der Waals surface area contributed by atoms with Crippen LogP contribution in [0, 0.1) is 0 Å². The molecule has 0 aliphatic carbocycles. The standard InChI is InChI=1S/C26H40N10O3/c1-17-22(38)33-20(16-18-10-4-2-5-11-18)23(39)32-19(21(28)37)12-6-9-15-30-25-34-24(35-26(31-17)36-25)29-14-8-3-7-13-27/h2,4-5,10-11,17,19-20H,3,6-9,12-16,27H2,1H3,(H2,28,37)(H,32,39)(H,33,38)(H3,29,30,31,34,35,36)/t17-,19+,20-/m0/s1. The van der Waals surface area contributed by atoms with Crippen molar-refractivity contribution in [2.24, 2.45) is 11.5 Å². The topological polar surface area (TPSA) is 202 Å². The van der Waals surface area contributed by atoms with E-state index in [1.54, 1.807) is 6.92 Å². The van der Waals surface area contributed by atoms with Crippen molar-refractivity contribution >= 4 is 35.6 Å². The van der Waals surface area contributed by atoms with Crippen molar-refractivity contribution in [3.8, 4) is 0 Å². The molecule has 2 aromatic rings. The third kappa shape index (κ3) is 10.0. The third-order valence-corrected chi connectivity index (χ3v) is 6.32. The van der Waals surface area contributed by atoms with E-state index in [0.29, 0.717) is 50.8 Å². The smallest absolute Gasteiger partial charge is 0.243 e. The van der Waals surface area contributed by atoms with E-state index in [2.05, 4.69) is 41.5 Å². The van der Waals surface area contributed by atoms with Crippen LogP contribution in [0.5, 0.6) is 0 Å². The van der Waals surface area contributed by atoms with Gasteiger partial charge in [-0.15, -0.1) is 0 Å². The van der Waals surface area contributed by atoms with E-state index in [4.69, 9.17) is 11.5 Å². The maximum absolute atomic E-state index is 13.2. The summed E-state index contributed by atoms with van der Waals surface area (Å²) in [6.07, 6.45) is 4.78. The lowest BCUT2D eigenvalue weighted by Crippen LogP contribution is -2.55. The minimum Gasteiger partial charge on any atom is -0.368 e. The number of fused-ring (bicyclic) bond motifs is 2. The Hall–Kier alpha value is -4.00. The number of benzene rings is 1. The number of carbonyl (C=O) groups is 3. The lowest BCUT2D eigenvalue weighted by atomic mass is 10.0. The van der Waals surface area contributed by atoms with Gasteiger partial charge in [0.05, 0.1) is 0 Å². The van der Waals surface area contributed by atoms with E-state index in [1.165, 1.54) is 0 Å². The zero-order valence-electron chi connectivity index (χ0n) is 22.4. The van der Waals surface area contributed by atoms with Crippen LogP contribution in [0.3, 0.4) is 0 Å². The lowest BCUT2D eigenvalue weighted by molar-refractivity contribution is -0.131. The van der Waals surface area contributed by atoms with E-state index in [-0.39, 0.29) is 12.4 Å². The fraction of sp³-hybridized carbons (Fsp3) is 0.538. The second-order valence-electron chi connectivity index (χ2n) is 9.59. The van der Waals surface area contributed by atoms with Crippen LogP contribution < -0.4 is 38.1 Å². The Morgan fingerprint density at radius 1 is 0.974 bits per heavy atom. The molecule has 212 valence electrons. The molecule has 13 nitrogen and oxygen atoms in total. The van der Waals surface area contributed by atoms with Gasteiger partial charge in [0.25, 0.3) is 0 Å². The van der Waals surface area contributed by atoms with E-state index in [0.717, 1.165) is 24.8 Å². The zero-order chi connectivity index (χ0) is 28.0. The number of nitrogens with two attached hydrogens (primary N) is 2. The Morgan fingerprint density at radius 2 is 1.74 bits per heavy atom. The number of amides is 3. The van der Waals surface area contributed by atoms with Crippen LogP contribution in [0.25, 0.3) is 0 Å². The molecule has 1 aromatic heterocycles. The minimum absolute atomic E-state index is 0.226. The van der Waals surface area contributed by atoms with Gasteiger partial charge in [-0.25, -0.2) is 0 Å². The Kier molecular flexibility index (Phi) is 11.7. The number of hydrogen-bond donors (Lipinski definition) is 7. The first-order valence-corrected chi connectivity index (χ1v) is 13.5. The summed E-state index contributed by atoms with van der Waals surface area (Å²) in [5, 5.41) is 14.9. The van der Waals surface area contributed by atoms with Crippen molar-refractivity contribution in [3.05, 3.63) is 35.9 Å². The first kappa shape index (κ1) is 29.6. The van der Waals surface area contributed by atoms with Crippen molar-refractivity contribution < 1.29 is 14.4 Å². The van der Waals surface area contributed by atoms with Crippen LogP contribution in [0.15, 0.2) is 30.3 Å². The normalized spacial score (nSPS) is 20.6. The summed E-state index contributed by atoms with van der Waals surface area (Å²) in [6.45, 7) is 3.51. The monoisotopic (exact) mass is 540 g/mol. The van der Waals surface area contributed by atoms with E-state index in [1.807, 2.05) is 30.3 Å². The van der Waals surface area contributed by atoms with E-state index >= 15 is 0 Å². The van der Waals surface area contributed by atoms with Gasteiger partial charge in [-0.05, 0) is 51.1 Å². The van der Waals surface area contributed by atoms with Gasteiger partial charge in [0, 0.05) is 19.5 Å². The molecule has 3 atom stereocenters. The van der Waals surface area contributed by atoms with E-state index in [9.17, 15) is 14.4 Å². The number of nitrogens with one attached hydrogen (secondary N) is 5. The fourth-order valence-corrected chi connectivity index (χ4v) is 4.09. The van der Waals surface area contributed by atoms with Gasteiger partial charge < -0.3 is 38.1 Å². The van der Waals surface area contributed by atoms with Crippen LogP contribution in [0.4, 0.5) is 17.8 Å². The third-order valence-electron chi connectivity index (χ3n) is 6.32. The molecule has 9 N–H and O–H groups in total. The molecule has 1 aromatic carbocycles. The predicted octanol–water partition coefficient (Wildman–Crippen LogP) is 0.506.